The van der Waals surface area contributed by atoms with Gasteiger partial charge in [-0.2, -0.15) is 0 Å². The van der Waals surface area contributed by atoms with Crippen molar-refractivity contribution in [3.63, 3.8) is 0 Å². The molecule has 0 spiro atoms. The highest BCUT2D eigenvalue weighted by atomic mass is 19.1. The molecule has 120 valence electrons. The SMILES string of the molecule is C[C@@H]1[C@H](C)CCC[C@H]1NC(=O)CCC(=O)c1ccc(F)cc1. The van der Waals surface area contributed by atoms with Crippen LogP contribution in [0.4, 0.5) is 4.39 Å². The number of ketones is 1. The van der Waals surface area contributed by atoms with Crippen molar-refractivity contribution >= 4 is 11.7 Å². The van der Waals surface area contributed by atoms with Crippen LogP contribution in [0.2, 0.25) is 0 Å². The maximum atomic E-state index is 12.8. The Balaban J connectivity index is 1.80. The molecule has 2 rings (SSSR count). The summed E-state index contributed by atoms with van der Waals surface area (Å²) in [6.45, 7) is 4.40. The van der Waals surface area contributed by atoms with Crippen LogP contribution in [0.15, 0.2) is 24.3 Å². The van der Waals surface area contributed by atoms with Crippen molar-refractivity contribution in [2.45, 2.75) is 52.0 Å². The van der Waals surface area contributed by atoms with Crippen LogP contribution < -0.4 is 5.32 Å². The normalized spacial score (nSPS) is 24.8. The van der Waals surface area contributed by atoms with E-state index in [-0.39, 0.29) is 36.4 Å². The molecule has 1 fully saturated rings. The van der Waals surface area contributed by atoms with Gasteiger partial charge in [-0.1, -0.05) is 26.7 Å². The summed E-state index contributed by atoms with van der Waals surface area (Å²) in [7, 11) is 0. The molecule has 1 saturated carbocycles. The number of carbonyl (C=O) groups is 2. The first-order valence-corrected chi connectivity index (χ1v) is 8.05. The third-order valence-electron chi connectivity index (χ3n) is 4.80. The van der Waals surface area contributed by atoms with Gasteiger partial charge in [-0.25, -0.2) is 4.39 Å². The predicted molar refractivity (Wildman–Crippen MR) is 84.1 cm³/mol. The lowest BCUT2D eigenvalue weighted by Gasteiger charge is -2.34. The van der Waals surface area contributed by atoms with E-state index in [1.165, 1.54) is 30.7 Å². The summed E-state index contributed by atoms with van der Waals surface area (Å²) in [4.78, 5) is 24.0. The Morgan fingerprint density at radius 3 is 2.50 bits per heavy atom. The lowest BCUT2D eigenvalue weighted by Crippen LogP contribution is -2.43. The van der Waals surface area contributed by atoms with Gasteiger partial charge in [-0.05, 0) is 42.5 Å². The van der Waals surface area contributed by atoms with Gasteiger partial charge in [0.15, 0.2) is 5.78 Å². The molecule has 0 radical (unpaired) electrons. The monoisotopic (exact) mass is 305 g/mol. The van der Waals surface area contributed by atoms with Gasteiger partial charge in [0.25, 0.3) is 0 Å². The van der Waals surface area contributed by atoms with Crippen LogP contribution in [0, 0.1) is 17.7 Å². The number of amides is 1. The average Bonchev–Trinajstić information content (AvgIpc) is 2.50. The van der Waals surface area contributed by atoms with Gasteiger partial charge in [0.05, 0.1) is 0 Å². The fourth-order valence-corrected chi connectivity index (χ4v) is 3.07. The lowest BCUT2D eigenvalue weighted by atomic mass is 9.78. The third kappa shape index (κ3) is 4.39. The van der Waals surface area contributed by atoms with E-state index in [1.54, 1.807) is 0 Å². The first kappa shape index (κ1) is 16.7. The van der Waals surface area contributed by atoms with E-state index in [4.69, 9.17) is 0 Å². The zero-order chi connectivity index (χ0) is 16.1. The molecule has 0 heterocycles. The van der Waals surface area contributed by atoms with E-state index in [9.17, 15) is 14.0 Å². The zero-order valence-electron chi connectivity index (χ0n) is 13.3. The molecule has 0 saturated heterocycles. The zero-order valence-corrected chi connectivity index (χ0v) is 13.3. The molecule has 1 aromatic carbocycles. The van der Waals surface area contributed by atoms with E-state index in [0.29, 0.717) is 17.4 Å². The smallest absolute Gasteiger partial charge is 0.220 e. The molecule has 0 aliphatic heterocycles. The van der Waals surface area contributed by atoms with Gasteiger partial charge in [-0.15, -0.1) is 0 Å². The summed E-state index contributed by atoms with van der Waals surface area (Å²) in [5.41, 5.74) is 0.453. The number of hydrogen-bond donors (Lipinski definition) is 1. The van der Waals surface area contributed by atoms with Gasteiger partial charge in [0, 0.05) is 24.4 Å². The van der Waals surface area contributed by atoms with E-state index < -0.39 is 0 Å². The minimum Gasteiger partial charge on any atom is -0.353 e. The standard InChI is InChI=1S/C18H24FNO2/c1-12-4-3-5-16(13(12)2)20-18(22)11-10-17(21)14-6-8-15(19)9-7-14/h6-9,12-13,16H,3-5,10-11H2,1-2H3,(H,20,22)/t12-,13-,16-/m1/s1. The van der Waals surface area contributed by atoms with Crippen molar-refractivity contribution in [2.24, 2.45) is 11.8 Å². The third-order valence-corrected chi connectivity index (χ3v) is 4.80. The van der Waals surface area contributed by atoms with E-state index in [2.05, 4.69) is 19.2 Å². The Bertz CT molecular complexity index is 526. The van der Waals surface area contributed by atoms with Crippen LogP contribution in [-0.4, -0.2) is 17.7 Å². The van der Waals surface area contributed by atoms with Crippen molar-refractivity contribution in [1.82, 2.24) is 5.32 Å². The van der Waals surface area contributed by atoms with Crippen molar-refractivity contribution in [3.05, 3.63) is 35.6 Å². The second-order valence-electron chi connectivity index (χ2n) is 6.37. The molecule has 1 amide bonds. The minimum atomic E-state index is -0.366. The summed E-state index contributed by atoms with van der Waals surface area (Å²) >= 11 is 0. The van der Waals surface area contributed by atoms with Crippen LogP contribution in [0.3, 0.4) is 0 Å². The van der Waals surface area contributed by atoms with Crippen LogP contribution in [0.25, 0.3) is 0 Å². The second kappa shape index (κ2) is 7.52. The maximum Gasteiger partial charge on any atom is 0.220 e. The molecule has 0 bridgehead atoms. The van der Waals surface area contributed by atoms with Crippen LogP contribution in [-0.2, 0) is 4.79 Å². The second-order valence-corrected chi connectivity index (χ2v) is 6.37. The van der Waals surface area contributed by atoms with Crippen LogP contribution in [0.1, 0.15) is 56.3 Å². The molecule has 1 N–H and O–H groups in total. The van der Waals surface area contributed by atoms with Crippen molar-refractivity contribution < 1.29 is 14.0 Å². The molecule has 3 atom stereocenters. The number of hydrogen-bond acceptors (Lipinski definition) is 2. The highest BCUT2D eigenvalue weighted by Crippen LogP contribution is 2.29. The predicted octanol–water partition coefficient (Wildman–Crippen LogP) is 3.73. The topological polar surface area (TPSA) is 46.2 Å². The number of carbonyl (C=O) groups excluding carboxylic acids is 2. The first-order chi connectivity index (χ1) is 10.5. The average molecular weight is 305 g/mol. The van der Waals surface area contributed by atoms with Crippen molar-refractivity contribution in [2.75, 3.05) is 0 Å². The fourth-order valence-electron chi connectivity index (χ4n) is 3.07. The Kier molecular flexibility index (Phi) is 5.69. The fraction of sp³-hybridized carbons (Fsp3) is 0.556. The number of benzene rings is 1. The Labute approximate surface area is 131 Å². The number of halogens is 1. The van der Waals surface area contributed by atoms with Crippen molar-refractivity contribution in [3.8, 4) is 0 Å². The molecule has 4 heteroatoms. The summed E-state index contributed by atoms with van der Waals surface area (Å²) in [6, 6.07) is 5.66. The molecule has 22 heavy (non-hydrogen) atoms. The van der Waals surface area contributed by atoms with Gasteiger partial charge in [-0.3, -0.25) is 9.59 Å². The van der Waals surface area contributed by atoms with Crippen LogP contribution in [0.5, 0.6) is 0 Å². The molecule has 1 aliphatic carbocycles. The van der Waals surface area contributed by atoms with Crippen LogP contribution >= 0.6 is 0 Å². The summed E-state index contributed by atoms with van der Waals surface area (Å²) in [5.74, 6) is 0.543. The Hall–Kier alpha value is -1.71. The highest BCUT2D eigenvalue weighted by Gasteiger charge is 2.28. The summed E-state index contributed by atoms with van der Waals surface area (Å²) in [5, 5.41) is 3.06. The van der Waals surface area contributed by atoms with E-state index >= 15 is 0 Å². The maximum absolute atomic E-state index is 12.8. The lowest BCUT2D eigenvalue weighted by molar-refractivity contribution is -0.122. The molecule has 3 nitrogen and oxygen atoms in total. The molecule has 0 aromatic heterocycles. The minimum absolute atomic E-state index is 0.0681. The van der Waals surface area contributed by atoms with Crippen molar-refractivity contribution in [1.29, 1.82) is 0 Å². The molecule has 1 aliphatic rings. The molecule has 0 unspecified atom stereocenters. The van der Waals surface area contributed by atoms with Gasteiger partial charge >= 0.3 is 0 Å². The number of nitrogens with one attached hydrogen (secondary N) is 1. The summed E-state index contributed by atoms with van der Waals surface area (Å²) < 4.78 is 12.8. The largest absolute Gasteiger partial charge is 0.353 e. The van der Waals surface area contributed by atoms with Gasteiger partial charge < -0.3 is 5.32 Å². The highest BCUT2D eigenvalue weighted by molar-refractivity contribution is 5.97. The summed E-state index contributed by atoms with van der Waals surface area (Å²) in [6.07, 6.45) is 3.73. The number of Topliss-reactive ketones (excluding diaryl/α,β-unsaturated/α-hetero) is 1. The van der Waals surface area contributed by atoms with Gasteiger partial charge in [0.1, 0.15) is 5.82 Å². The van der Waals surface area contributed by atoms with E-state index in [1.807, 2.05) is 0 Å². The van der Waals surface area contributed by atoms with Gasteiger partial charge in [0.2, 0.25) is 5.91 Å². The van der Waals surface area contributed by atoms with E-state index in [0.717, 1.165) is 12.8 Å². The Morgan fingerprint density at radius 1 is 1.14 bits per heavy atom. The Morgan fingerprint density at radius 2 is 1.82 bits per heavy atom. The number of rotatable bonds is 5. The molecular weight excluding hydrogens is 281 g/mol. The molecule has 1 aromatic rings. The quantitative estimate of drug-likeness (QED) is 0.843. The first-order valence-electron chi connectivity index (χ1n) is 8.05. The molecular formula is C18H24FNO2.